The second kappa shape index (κ2) is 6.71. The standard InChI is InChI=1S/C14H14BrNOS/c1-2-9-18-14-6-4-3-5-12(14)16-10-13-11(15)7-8-17-13/h2-8,16H,1,9-10H2. The van der Waals surface area contributed by atoms with Crippen molar-refractivity contribution in [3.8, 4) is 0 Å². The quantitative estimate of drug-likeness (QED) is 0.602. The van der Waals surface area contributed by atoms with Gasteiger partial charge in [-0.3, -0.25) is 0 Å². The third kappa shape index (κ3) is 3.43. The molecule has 1 N–H and O–H groups in total. The van der Waals surface area contributed by atoms with Crippen molar-refractivity contribution >= 4 is 33.4 Å². The lowest BCUT2D eigenvalue weighted by Crippen LogP contribution is -2.00. The zero-order valence-corrected chi connectivity index (χ0v) is 12.3. The average molecular weight is 324 g/mol. The second-order valence-electron chi connectivity index (χ2n) is 3.64. The molecule has 0 fully saturated rings. The molecule has 0 atom stereocenters. The molecule has 2 aromatic rings. The minimum atomic E-state index is 0.666. The van der Waals surface area contributed by atoms with E-state index in [1.807, 2.05) is 24.3 Å². The molecule has 0 saturated heterocycles. The third-order valence-corrected chi connectivity index (χ3v) is 4.15. The van der Waals surface area contributed by atoms with Gasteiger partial charge in [0, 0.05) is 16.3 Å². The summed E-state index contributed by atoms with van der Waals surface area (Å²) in [7, 11) is 0. The van der Waals surface area contributed by atoms with Crippen molar-refractivity contribution in [3.05, 3.63) is 59.5 Å². The molecule has 0 aliphatic heterocycles. The Hall–Kier alpha value is -1.13. The third-order valence-electron chi connectivity index (χ3n) is 2.37. The maximum Gasteiger partial charge on any atom is 0.136 e. The first-order valence-electron chi connectivity index (χ1n) is 5.59. The number of anilines is 1. The molecular weight excluding hydrogens is 310 g/mol. The van der Waals surface area contributed by atoms with Gasteiger partial charge in [-0.25, -0.2) is 0 Å². The van der Waals surface area contributed by atoms with Gasteiger partial charge in [0.25, 0.3) is 0 Å². The van der Waals surface area contributed by atoms with Crippen molar-refractivity contribution in [2.75, 3.05) is 11.1 Å². The van der Waals surface area contributed by atoms with Crippen LogP contribution in [0.25, 0.3) is 0 Å². The molecule has 94 valence electrons. The largest absolute Gasteiger partial charge is 0.466 e. The van der Waals surface area contributed by atoms with Crippen LogP contribution in [0.1, 0.15) is 5.76 Å². The lowest BCUT2D eigenvalue weighted by atomic mass is 10.3. The maximum atomic E-state index is 5.37. The van der Waals surface area contributed by atoms with E-state index in [0.717, 1.165) is 21.7 Å². The number of hydrogen-bond donors (Lipinski definition) is 1. The summed E-state index contributed by atoms with van der Waals surface area (Å²) in [6.45, 7) is 4.41. The van der Waals surface area contributed by atoms with E-state index in [-0.39, 0.29) is 0 Å². The summed E-state index contributed by atoms with van der Waals surface area (Å²) < 4.78 is 6.37. The van der Waals surface area contributed by atoms with Crippen molar-refractivity contribution < 1.29 is 4.42 Å². The van der Waals surface area contributed by atoms with Crippen LogP contribution in [0, 0.1) is 0 Å². The molecule has 0 amide bonds. The summed E-state index contributed by atoms with van der Waals surface area (Å²) >= 11 is 5.21. The highest BCUT2D eigenvalue weighted by atomic mass is 79.9. The lowest BCUT2D eigenvalue weighted by molar-refractivity contribution is 0.516. The van der Waals surface area contributed by atoms with Crippen LogP contribution in [0.4, 0.5) is 5.69 Å². The van der Waals surface area contributed by atoms with Crippen LogP contribution in [0.3, 0.4) is 0 Å². The van der Waals surface area contributed by atoms with Crippen LogP contribution < -0.4 is 5.32 Å². The fourth-order valence-electron chi connectivity index (χ4n) is 1.51. The first-order chi connectivity index (χ1) is 8.81. The van der Waals surface area contributed by atoms with Crippen LogP contribution in [0.15, 0.2) is 63.0 Å². The fourth-order valence-corrected chi connectivity index (χ4v) is 2.62. The van der Waals surface area contributed by atoms with E-state index in [4.69, 9.17) is 4.42 Å². The Bertz CT molecular complexity index is 524. The molecule has 0 spiro atoms. The molecule has 0 bridgehead atoms. The van der Waals surface area contributed by atoms with Gasteiger partial charge in [0.05, 0.1) is 17.3 Å². The summed E-state index contributed by atoms with van der Waals surface area (Å²) in [5.41, 5.74) is 1.12. The van der Waals surface area contributed by atoms with Gasteiger partial charge in [-0.2, -0.15) is 0 Å². The number of hydrogen-bond acceptors (Lipinski definition) is 3. The Balaban J connectivity index is 2.04. The van der Waals surface area contributed by atoms with Gasteiger partial charge < -0.3 is 9.73 Å². The number of thioether (sulfide) groups is 1. The van der Waals surface area contributed by atoms with Crippen LogP contribution in [-0.4, -0.2) is 5.75 Å². The molecule has 0 unspecified atom stereocenters. The van der Waals surface area contributed by atoms with Gasteiger partial charge in [-0.05, 0) is 34.1 Å². The van der Waals surface area contributed by atoms with E-state index in [9.17, 15) is 0 Å². The lowest BCUT2D eigenvalue weighted by Gasteiger charge is -2.10. The Labute approximate surface area is 120 Å². The molecule has 1 aromatic carbocycles. The summed E-state index contributed by atoms with van der Waals surface area (Å²) in [4.78, 5) is 1.22. The first kappa shape index (κ1) is 13.3. The Morgan fingerprint density at radius 3 is 2.89 bits per heavy atom. The topological polar surface area (TPSA) is 25.2 Å². The fraction of sp³-hybridized carbons (Fsp3) is 0.143. The highest BCUT2D eigenvalue weighted by Crippen LogP contribution is 2.28. The van der Waals surface area contributed by atoms with Crippen LogP contribution in [-0.2, 0) is 6.54 Å². The van der Waals surface area contributed by atoms with E-state index in [0.29, 0.717) is 6.54 Å². The maximum absolute atomic E-state index is 5.37. The van der Waals surface area contributed by atoms with Crippen LogP contribution >= 0.6 is 27.7 Å². The molecule has 4 heteroatoms. The molecular formula is C14H14BrNOS. The van der Waals surface area contributed by atoms with Crippen molar-refractivity contribution in [3.63, 3.8) is 0 Å². The van der Waals surface area contributed by atoms with E-state index < -0.39 is 0 Å². The number of para-hydroxylation sites is 1. The van der Waals surface area contributed by atoms with Crippen LogP contribution in [0.5, 0.6) is 0 Å². The van der Waals surface area contributed by atoms with Crippen LogP contribution in [0.2, 0.25) is 0 Å². The average Bonchev–Trinajstić information content (AvgIpc) is 2.80. The van der Waals surface area contributed by atoms with Gasteiger partial charge in [-0.15, -0.1) is 18.3 Å². The summed E-state index contributed by atoms with van der Waals surface area (Å²) in [5.74, 6) is 1.81. The predicted molar refractivity (Wildman–Crippen MR) is 81.1 cm³/mol. The summed E-state index contributed by atoms with van der Waals surface area (Å²) in [5, 5.41) is 3.39. The molecule has 1 aromatic heterocycles. The zero-order valence-electron chi connectivity index (χ0n) is 9.86. The smallest absolute Gasteiger partial charge is 0.136 e. The number of halogens is 1. The van der Waals surface area contributed by atoms with Crippen molar-refractivity contribution in [1.82, 2.24) is 0 Å². The molecule has 1 heterocycles. The first-order valence-corrected chi connectivity index (χ1v) is 7.37. The molecule has 2 rings (SSSR count). The molecule has 18 heavy (non-hydrogen) atoms. The van der Waals surface area contributed by atoms with E-state index in [1.54, 1.807) is 18.0 Å². The Kier molecular flexibility index (Phi) is 4.96. The number of rotatable bonds is 6. The van der Waals surface area contributed by atoms with E-state index >= 15 is 0 Å². The summed E-state index contributed by atoms with van der Waals surface area (Å²) in [6.07, 6.45) is 3.59. The minimum absolute atomic E-state index is 0.666. The molecule has 0 radical (unpaired) electrons. The van der Waals surface area contributed by atoms with Crippen molar-refractivity contribution in [2.24, 2.45) is 0 Å². The zero-order chi connectivity index (χ0) is 12.8. The second-order valence-corrected chi connectivity index (χ2v) is 5.56. The summed E-state index contributed by atoms with van der Waals surface area (Å²) in [6, 6.07) is 10.1. The number of furan rings is 1. The van der Waals surface area contributed by atoms with Gasteiger partial charge in [-0.1, -0.05) is 18.2 Å². The number of nitrogens with one attached hydrogen (secondary N) is 1. The van der Waals surface area contributed by atoms with E-state index in [1.165, 1.54) is 4.90 Å². The Morgan fingerprint density at radius 2 is 2.17 bits per heavy atom. The minimum Gasteiger partial charge on any atom is -0.466 e. The molecule has 0 aliphatic carbocycles. The highest BCUT2D eigenvalue weighted by molar-refractivity contribution is 9.10. The normalized spacial score (nSPS) is 10.3. The van der Waals surface area contributed by atoms with Gasteiger partial charge >= 0.3 is 0 Å². The highest BCUT2D eigenvalue weighted by Gasteiger charge is 2.05. The van der Waals surface area contributed by atoms with Gasteiger partial charge in [0.15, 0.2) is 0 Å². The van der Waals surface area contributed by atoms with Crippen molar-refractivity contribution in [1.29, 1.82) is 0 Å². The molecule has 0 aliphatic rings. The van der Waals surface area contributed by atoms with Gasteiger partial charge in [0.2, 0.25) is 0 Å². The molecule has 0 saturated carbocycles. The van der Waals surface area contributed by atoms with Crippen molar-refractivity contribution in [2.45, 2.75) is 11.4 Å². The van der Waals surface area contributed by atoms with E-state index in [2.05, 4.69) is 40.0 Å². The Morgan fingerprint density at radius 1 is 1.33 bits per heavy atom. The predicted octanol–water partition coefficient (Wildman–Crippen LogP) is 4.93. The monoisotopic (exact) mass is 323 g/mol. The van der Waals surface area contributed by atoms with Gasteiger partial charge in [0.1, 0.15) is 5.76 Å². The SMILES string of the molecule is C=CCSc1ccccc1NCc1occc1Br. The molecule has 2 nitrogen and oxygen atoms in total. The number of benzene rings is 1.